The van der Waals surface area contributed by atoms with E-state index >= 15 is 0 Å². The van der Waals surface area contributed by atoms with E-state index in [0.29, 0.717) is 37.4 Å². The molecule has 124 valence electrons. The zero-order valence-electron chi connectivity index (χ0n) is 13.5. The average Bonchev–Trinajstić information content (AvgIpc) is 3.11. The first-order chi connectivity index (χ1) is 11.6. The highest BCUT2D eigenvalue weighted by Crippen LogP contribution is 2.18. The monoisotopic (exact) mass is 325 g/mol. The molecule has 1 fully saturated rings. The molecule has 0 radical (unpaired) electrons. The second-order valence-electron chi connectivity index (χ2n) is 5.77. The molecule has 6 nitrogen and oxygen atoms in total. The Morgan fingerprint density at radius 3 is 2.25 bits per heavy atom. The van der Waals surface area contributed by atoms with Crippen molar-refractivity contribution in [3.05, 3.63) is 53.9 Å². The fourth-order valence-corrected chi connectivity index (χ4v) is 2.92. The molecule has 1 amide bonds. The van der Waals surface area contributed by atoms with E-state index in [4.69, 9.17) is 0 Å². The van der Waals surface area contributed by atoms with Crippen LogP contribution in [0, 0.1) is 0 Å². The average molecular weight is 325 g/mol. The molecule has 0 N–H and O–H groups in total. The van der Waals surface area contributed by atoms with Gasteiger partial charge >= 0.3 is 0 Å². The first-order valence-corrected chi connectivity index (χ1v) is 7.88. The summed E-state index contributed by atoms with van der Waals surface area (Å²) < 4.78 is 1.38. The van der Waals surface area contributed by atoms with Gasteiger partial charge in [0.1, 0.15) is 12.0 Å². The molecule has 6 heteroatoms. The summed E-state index contributed by atoms with van der Waals surface area (Å²) in [4.78, 5) is 38.8. The van der Waals surface area contributed by atoms with Crippen molar-refractivity contribution in [2.24, 2.45) is 0 Å². The summed E-state index contributed by atoms with van der Waals surface area (Å²) in [6, 6.07) is 10.8. The topological polar surface area (TPSA) is 62.6 Å². The number of aldehydes is 1. The fraction of sp³-hybridized carbons (Fsp3) is 0.278. The standard InChI is InChI=1S/C18H19N3O3/c1-14(23)21-8-2-3-17(21)18(24)20-11-9-19(10-12-20)16-6-4-15(13-22)5-7-16/h2-8,13H,9-12H2,1H3. The van der Waals surface area contributed by atoms with E-state index in [9.17, 15) is 14.4 Å². The number of hydrogen-bond acceptors (Lipinski definition) is 4. The number of carbonyl (C=O) groups is 3. The van der Waals surface area contributed by atoms with Gasteiger partial charge in [-0.05, 0) is 36.4 Å². The minimum absolute atomic E-state index is 0.119. The number of piperazine rings is 1. The van der Waals surface area contributed by atoms with Crippen molar-refractivity contribution in [3.63, 3.8) is 0 Å². The molecule has 0 bridgehead atoms. The number of aromatic nitrogens is 1. The highest BCUT2D eigenvalue weighted by atomic mass is 16.2. The maximum atomic E-state index is 12.6. The number of benzene rings is 1. The van der Waals surface area contributed by atoms with E-state index < -0.39 is 0 Å². The van der Waals surface area contributed by atoms with Gasteiger partial charge in [0.05, 0.1) is 0 Å². The molecule has 0 saturated carbocycles. The van der Waals surface area contributed by atoms with Gasteiger partial charge < -0.3 is 9.80 Å². The van der Waals surface area contributed by atoms with Gasteiger partial charge in [0.15, 0.2) is 0 Å². The van der Waals surface area contributed by atoms with Crippen molar-refractivity contribution in [1.29, 1.82) is 0 Å². The first kappa shape index (κ1) is 16.0. The molecule has 1 aromatic heterocycles. The summed E-state index contributed by atoms with van der Waals surface area (Å²) in [6.45, 7) is 4.06. The fourth-order valence-electron chi connectivity index (χ4n) is 2.92. The number of hydrogen-bond donors (Lipinski definition) is 0. The summed E-state index contributed by atoms with van der Waals surface area (Å²) in [7, 11) is 0. The van der Waals surface area contributed by atoms with Crippen LogP contribution in [0.4, 0.5) is 5.69 Å². The second-order valence-corrected chi connectivity index (χ2v) is 5.77. The molecule has 0 unspecified atom stereocenters. The third kappa shape index (κ3) is 3.08. The summed E-state index contributed by atoms with van der Waals surface area (Å²) in [6.07, 6.45) is 2.44. The highest BCUT2D eigenvalue weighted by molar-refractivity contribution is 5.96. The number of anilines is 1. The lowest BCUT2D eigenvalue weighted by Gasteiger charge is -2.36. The van der Waals surface area contributed by atoms with Crippen LogP contribution in [0.25, 0.3) is 0 Å². The third-order valence-electron chi connectivity index (χ3n) is 4.27. The van der Waals surface area contributed by atoms with Gasteiger partial charge in [-0.25, -0.2) is 0 Å². The van der Waals surface area contributed by atoms with Crippen LogP contribution in [0.1, 0.15) is 32.6 Å². The van der Waals surface area contributed by atoms with Crippen molar-refractivity contribution < 1.29 is 14.4 Å². The molecule has 1 aromatic carbocycles. The van der Waals surface area contributed by atoms with E-state index in [1.54, 1.807) is 35.4 Å². The molecule has 2 heterocycles. The Morgan fingerprint density at radius 2 is 1.67 bits per heavy atom. The Bertz CT molecular complexity index is 756. The van der Waals surface area contributed by atoms with Crippen molar-refractivity contribution in [2.45, 2.75) is 6.92 Å². The second kappa shape index (κ2) is 6.70. The van der Waals surface area contributed by atoms with Crippen LogP contribution >= 0.6 is 0 Å². The molecule has 3 rings (SSSR count). The first-order valence-electron chi connectivity index (χ1n) is 7.88. The maximum Gasteiger partial charge on any atom is 0.271 e. The van der Waals surface area contributed by atoms with Crippen LogP contribution < -0.4 is 4.90 Å². The van der Waals surface area contributed by atoms with E-state index in [-0.39, 0.29) is 11.8 Å². The van der Waals surface area contributed by atoms with Gasteiger partial charge in [-0.15, -0.1) is 0 Å². The molecule has 0 atom stereocenters. The maximum absolute atomic E-state index is 12.6. The normalized spacial score (nSPS) is 14.5. The zero-order valence-corrected chi connectivity index (χ0v) is 13.5. The predicted molar refractivity (Wildman–Crippen MR) is 90.7 cm³/mol. The van der Waals surface area contributed by atoms with Gasteiger partial charge in [0.2, 0.25) is 5.91 Å². The molecule has 2 aromatic rings. The molecule has 0 spiro atoms. The quantitative estimate of drug-likeness (QED) is 0.809. The summed E-state index contributed by atoms with van der Waals surface area (Å²) in [5.74, 6) is -0.289. The van der Waals surface area contributed by atoms with E-state index in [0.717, 1.165) is 12.0 Å². The molecular weight excluding hydrogens is 306 g/mol. The summed E-state index contributed by atoms with van der Waals surface area (Å²) in [5.41, 5.74) is 2.10. The number of nitrogens with zero attached hydrogens (tertiary/aromatic N) is 3. The summed E-state index contributed by atoms with van der Waals surface area (Å²) in [5, 5.41) is 0. The zero-order chi connectivity index (χ0) is 17.1. The molecule has 1 aliphatic heterocycles. The molecule has 1 saturated heterocycles. The SMILES string of the molecule is CC(=O)n1cccc1C(=O)N1CCN(c2ccc(C=O)cc2)CC1. The Hall–Kier alpha value is -2.89. The predicted octanol–water partition coefficient (Wildman–Crippen LogP) is 1.92. The van der Waals surface area contributed by atoms with E-state index in [1.807, 2.05) is 12.1 Å². The van der Waals surface area contributed by atoms with Crippen LogP contribution in [0.15, 0.2) is 42.6 Å². The van der Waals surface area contributed by atoms with Gasteiger partial charge in [0, 0.05) is 50.6 Å². The van der Waals surface area contributed by atoms with Crippen molar-refractivity contribution in [1.82, 2.24) is 9.47 Å². The highest BCUT2D eigenvalue weighted by Gasteiger charge is 2.24. The summed E-state index contributed by atoms with van der Waals surface area (Å²) >= 11 is 0. The molecule has 1 aliphatic rings. The minimum atomic E-state index is -0.169. The van der Waals surface area contributed by atoms with Crippen molar-refractivity contribution >= 4 is 23.8 Å². The van der Waals surface area contributed by atoms with Crippen LogP contribution in [-0.4, -0.2) is 53.7 Å². The van der Waals surface area contributed by atoms with Gasteiger partial charge in [0.25, 0.3) is 5.91 Å². The number of carbonyl (C=O) groups excluding carboxylic acids is 3. The third-order valence-corrected chi connectivity index (χ3v) is 4.27. The van der Waals surface area contributed by atoms with E-state index in [2.05, 4.69) is 4.90 Å². The van der Waals surface area contributed by atoms with Gasteiger partial charge in [-0.3, -0.25) is 19.0 Å². The smallest absolute Gasteiger partial charge is 0.271 e. The molecular formula is C18H19N3O3. The van der Waals surface area contributed by atoms with Gasteiger partial charge in [-0.2, -0.15) is 0 Å². The molecule has 0 aliphatic carbocycles. The van der Waals surface area contributed by atoms with Crippen molar-refractivity contribution in [3.8, 4) is 0 Å². The lowest BCUT2D eigenvalue weighted by Crippen LogP contribution is -2.49. The van der Waals surface area contributed by atoms with Crippen LogP contribution in [0.5, 0.6) is 0 Å². The number of amides is 1. The van der Waals surface area contributed by atoms with Crippen LogP contribution in [0.2, 0.25) is 0 Å². The Labute approximate surface area is 140 Å². The lowest BCUT2D eigenvalue weighted by atomic mass is 10.2. The minimum Gasteiger partial charge on any atom is -0.368 e. The van der Waals surface area contributed by atoms with Gasteiger partial charge in [-0.1, -0.05) is 0 Å². The lowest BCUT2D eigenvalue weighted by molar-refractivity contribution is 0.0724. The largest absolute Gasteiger partial charge is 0.368 e. The van der Waals surface area contributed by atoms with Crippen LogP contribution in [-0.2, 0) is 0 Å². The van der Waals surface area contributed by atoms with Crippen LogP contribution in [0.3, 0.4) is 0 Å². The Morgan fingerprint density at radius 1 is 1.00 bits per heavy atom. The van der Waals surface area contributed by atoms with Crippen molar-refractivity contribution in [2.75, 3.05) is 31.1 Å². The Balaban J connectivity index is 1.66. The van der Waals surface area contributed by atoms with E-state index in [1.165, 1.54) is 11.5 Å². The molecule has 24 heavy (non-hydrogen) atoms. The number of rotatable bonds is 3. The Kier molecular flexibility index (Phi) is 4.46.